The lowest BCUT2D eigenvalue weighted by Crippen LogP contribution is -2.19. The van der Waals surface area contributed by atoms with Gasteiger partial charge in [-0.1, -0.05) is 18.2 Å². The Kier molecular flexibility index (Phi) is 4.10. The highest BCUT2D eigenvalue weighted by atomic mass is 16.1. The van der Waals surface area contributed by atoms with Crippen LogP contribution >= 0.6 is 0 Å². The Morgan fingerprint density at radius 2 is 2.38 bits per heavy atom. The number of hydrogen-bond acceptors (Lipinski definition) is 3. The minimum absolute atomic E-state index is 0.0811. The molecule has 3 N–H and O–H groups in total. The Morgan fingerprint density at radius 1 is 1.62 bits per heavy atom. The summed E-state index contributed by atoms with van der Waals surface area (Å²) in [5, 5.41) is 11.5. The summed E-state index contributed by atoms with van der Waals surface area (Å²) in [5.74, 6) is -0.0811. The lowest BCUT2D eigenvalue weighted by Gasteiger charge is -1.99. The van der Waals surface area contributed by atoms with E-state index in [4.69, 9.17) is 11.0 Å². The molecular formula is C12H13N3O. The van der Waals surface area contributed by atoms with Crippen LogP contribution in [0.4, 0.5) is 5.69 Å². The molecule has 82 valence electrons. The largest absolute Gasteiger partial charge is 0.399 e. The van der Waals surface area contributed by atoms with Crippen molar-refractivity contribution >= 4 is 17.7 Å². The number of nitrogen functional groups attached to an aromatic ring is 1. The van der Waals surface area contributed by atoms with Crippen molar-refractivity contribution in [2.75, 3.05) is 12.3 Å². The van der Waals surface area contributed by atoms with E-state index in [1.807, 2.05) is 0 Å². The topological polar surface area (TPSA) is 78.9 Å². The summed E-state index contributed by atoms with van der Waals surface area (Å²) in [6.07, 6.45) is 3.57. The van der Waals surface area contributed by atoms with Gasteiger partial charge in [0.1, 0.15) is 0 Å². The zero-order valence-electron chi connectivity index (χ0n) is 9.03. The molecule has 0 heterocycles. The average Bonchev–Trinajstić information content (AvgIpc) is 2.25. The molecule has 1 amide bonds. The maximum atomic E-state index is 10.6. The molecular weight excluding hydrogens is 202 g/mol. The van der Waals surface area contributed by atoms with Crippen molar-refractivity contribution in [2.24, 2.45) is 0 Å². The summed E-state index contributed by atoms with van der Waals surface area (Å²) >= 11 is 0. The summed E-state index contributed by atoms with van der Waals surface area (Å²) < 4.78 is 0. The van der Waals surface area contributed by atoms with E-state index in [-0.39, 0.29) is 5.91 Å². The van der Waals surface area contributed by atoms with Gasteiger partial charge in [0.15, 0.2) is 0 Å². The van der Waals surface area contributed by atoms with Gasteiger partial charge in [0, 0.05) is 19.2 Å². The Balaban J connectivity index is 2.74. The van der Waals surface area contributed by atoms with E-state index in [9.17, 15) is 4.79 Å². The fourth-order valence-electron chi connectivity index (χ4n) is 1.20. The number of hydrogen-bond donors (Lipinski definition) is 2. The number of amides is 1. The van der Waals surface area contributed by atoms with Crippen molar-refractivity contribution in [1.82, 2.24) is 5.32 Å². The van der Waals surface area contributed by atoms with Gasteiger partial charge in [-0.2, -0.15) is 5.26 Å². The maximum absolute atomic E-state index is 10.6. The second-order valence-corrected chi connectivity index (χ2v) is 3.30. The SMILES string of the molecule is CC(=O)NCC=Cc1ccc(N)cc1C#N. The van der Waals surface area contributed by atoms with E-state index in [2.05, 4.69) is 11.4 Å². The predicted octanol–water partition coefficient (Wildman–Crippen LogP) is 1.29. The van der Waals surface area contributed by atoms with Gasteiger partial charge in [0.05, 0.1) is 11.6 Å². The smallest absolute Gasteiger partial charge is 0.217 e. The van der Waals surface area contributed by atoms with E-state index in [1.165, 1.54) is 6.92 Å². The van der Waals surface area contributed by atoms with E-state index >= 15 is 0 Å². The molecule has 4 heteroatoms. The molecule has 0 aromatic heterocycles. The van der Waals surface area contributed by atoms with Gasteiger partial charge >= 0.3 is 0 Å². The van der Waals surface area contributed by atoms with Crippen LogP contribution in [0.2, 0.25) is 0 Å². The third-order valence-electron chi connectivity index (χ3n) is 1.96. The molecule has 0 aliphatic rings. The molecule has 0 spiro atoms. The van der Waals surface area contributed by atoms with Crippen molar-refractivity contribution in [3.8, 4) is 6.07 Å². The average molecular weight is 215 g/mol. The van der Waals surface area contributed by atoms with Crippen molar-refractivity contribution < 1.29 is 4.79 Å². The molecule has 0 atom stereocenters. The van der Waals surface area contributed by atoms with E-state index in [0.717, 1.165) is 5.56 Å². The second-order valence-electron chi connectivity index (χ2n) is 3.30. The normalized spacial score (nSPS) is 10.0. The molecule has 0 fully saturated rings. The van der Waals surface area contributed by atoms with E-state index in [0.29, 0.717) is 17.8 Å². The lowest BCUT2D eigenvalue weighted by atomic mass is 10.1. The van der Waals surface area contributed by atoms with Crippen molar-refractivity contribution in [1.29, 1.82) is 5.26 Å². The zero-order chi connectivity index (χ0) is 12.0. The van der Waals surface area contributed by atoms with Gasteiger partial charge in [-0.3, -0.25) is 4.79 Å². The number of nitrogens with one attached hydrogen (secondary N) is 1. The molecule has 4 nitrogen and oxygen atoms in total. The highest BCUT2D eigenvalue weighted by molar-refractivity contribution is 5.73. The summed E-state index contributed by atoms with van der Waals surface area (Å²) in [7, 11) is 0. The van der Waals surface area contributed by atoms with Gasteiger partial charge in [-0.15, -0.1) is 0 Å². The van der Waals surface area contributed by atoms with Gasteiger partial charge < -0.3 is 11.1 Å². The second kappa shape index (κ2) is 5.56. The summed E-state index contributed by atoms with van der Waals surface area (Å²) in [5.41, 5.74) is 7.45. The first kappa shape index (κ1) is 11.8. The van der Waals surface area contributed by atoms with Crippen LogP contribution in [0.25, 0.3) is 6.08 Å². The lowest BCUT2D eigenvalue weighted by molar-refractivity contribution is -0.118. The molecule has 0 aliphatic heterocycles. The number of rotatable bonds is 3. The van der Waals surface area contributed by atoms with E-state index in [1.54, 1.807) is 30.4 Å². The van der Waals surface area contributed by atoms with E-state index < -0.39 is 0 Å². The number of nitrogens with two attached hydrogens (primary N) is 1. The number of carbonyl (C=O) groups is 1. The number of benzene rings is 1. The molecule has 0 saturated heterocycles. The fraction of sp³-hybridized carbons (Fsp3) is 0.167. The highest BCUT2D eigenvalue weighted by Crippen LogP contribution is 2.13. The Bertz CT molecular complexity index is 458. The van der Waals surface area contributed by atoms with Crippen LogP contribution in [-0.2, 0) is 4.79 Å². The highest BCUT2D eigenvalue weighted by Gasteiger charge is 1.98. The van der Waals surface area contributed by atoms with Crippen molar-refractivity contribution in [2.45, 2.75) is 6.92 Å². The summed E-state index contributed by atoms with van der Waals surface area (Å²) in [6, 6.07) is 7.20. The molecule has 16 heavy (non-hydrogen) atoms. The fourth-order valence-corrected chi connectivity index (χ4v) is 1.20. The standard InChI is InChI=1S/C12H13N3O/c1-9(16)15-6-2-3-10-4-5-12(14)7-11(10)8-13/h2-5,7H,6,14H2,1H3,(H,15,16). The molecule has 1 aromatic rings. The maximum Gasteiger partial charge on any atom is 0.217 e. The summed E-state index contributed by atoms with van der Waals surface area (Å²) in [4.78, 5) is 10.6. The van der Waals surface area contributed by atoms with Crippen LogP contribution in [0.15, 0.2) is 24.3 Å². The van der Waals surface area contributed by atoms with Crippen LogP contribution in [0.3, 0.4) is 0 Å². The third kappa shape index (κ3) is 3.46. The quantitative estimate of drug-likeness (QED) is 0.746. The first-order valence-corrected chi connectivity index (χ1v) is 4.84. The van der Waals surface area contributed by atoms with Crippen LogP contribution < -0.4 is 11.1 Å². The Hall–Kier alpha value is -2.28. The molecule has 1 rings (SSSR count). The van der Waals surface area contributed by atoms with Crippen LogP contribution in [0, 0.1) is 11.3 Å². The van der Waals surface area contributed by atoms with Gasteiger partial charge in [0.2, 0.25) is 5.91 Å². The number of anilines is 1. The van der Waals surface area contributed by atoms with Crippen molar-refractivity contribution in [3.05, 3.63) is 35.4 Å². The first-order chi connectivity index (χ1) is 7.63. The van der Waals surface area contributed by atoms with Crippen molar-refractivity contribution in [3.63, 3.8) is 0 Å². The minimum atomic E-state index is -0.0811. The molecule has 1 aromatic carbocycles. The first-order valence-electron chi connectivity index (χ1n) is 4.84. The third-order valence-corrected chi connectivity index (χ3v) is 1.96. The van der Waals surface area contributed by atoms with Gasteiger partial charge in [-0.25, -0.2) is 0 Å². The predicted molar refractivity (Wildman–Crippen MR) is 63.3 cm³/mol. The van der Waals surface area contributed by atoms with Crippen LogP contribution in [0.5, 0.6) is 0 Å². The zero-order valence-corrected chi connectivity index (χ0v) is 9.03. The molecule has 0 aliphatic carbocycles. The number of nitrogens with zero attached hydrogens (tertiary/aromatic N) is 1. The molecule has 0 unspecified atom stereocenters. The number of carbonyl (C=O) groups excluding carboxylic acids is 1. The summed E-state index contributed by atoms with van der Waals surface area (Å²) in [6.45, 7) is 1.91. The molecule has 0 bridgehead atoms. The van der Waals surface area contributed by atoms with Crippen LogP contribution in [-0.4, -0.2) is 12.5 Å². The molecule has 0 radical (unpaired) electrons. The van der Waals surface area contributed by atoms with Gasteiger partial charge in [0.25, 0.3) is 0 Å². The van der Waals surface area contributed by atoms with Gasteiger partial charge in [-0.05, 0) is 17.7 Å². The Morgan fingerprint density at radius 3 is 3.00 bits per heavy atom. The minimum Gasteiger partial charge on any atom is -0.399 e. The Labute approximate surface area is 94.4 Å². The molecule has 0 saturated carbocycles. The van der Waals surface area contributed by atoms with Crippen LogP contribution in [0.1, 0.15) is 18.1 Å². The monoisotopic (exact) mass is 215 g/mol. The number of nitriles is 1.